The van der Waals surface area contributed by atoms with Crippen LogP contribution >= 0.6 is 0 Å². The summed E-state index contributed by atoms with van der Waals surface area (Å²) in [6.45, 7) is 2.11. The summed E-state index contributed by atoms with van der Waals surface area (Å²) in [5.41, 5.74) is 0.973. The predicted octanol–water partition coefficient (Wildman–Crippen LogP) is 8.79. The molecule has 0 saturated heterocycles. The van der Waals surface area contributed by atoms with E-state index in [1.165, 1.54) is 6.07 Å². The molecule has 0 aliphatic carbocycles. The first-order valence-electron chi connectivity index (χ1n) is 11.2. The number of allylic oxidation sites excluding steroid dienone is 1. The molecule has 3 aromatic carbocycles. The summed E-state index contributed by atoms with van der Waals surface area (Å²) in [6.07, 6.45) is -2.44. The monoisotopic (exact) mass is 512 g/mol. The van der Waals surface area contributed by atoms with Crippen LogP contribution in [0.15, 0.2) is 66.9 Å². The Morgan fingerprint density at radius 1 is 0.833 bits per heavy atom. The van der Waals surface area contributed by atoms with Crippen molar-refractivity contribution in [1.29, 1.82) is 0 Å². The van der Waals surface area contributed by atoms with Crippen LogP contribution < -0.4 is 9.47 Å². The third-order valence-corrected chi connectivity index (χ3v) is 5.27. The Bertz CT molecular complexity index is 1170. The van der Waals surface area contributed by atoms with Crippen LogP contribution in [0.5, 0.6) is 11.5 Å². The highest BCUT2D eigenvalue weighted by Gasteiger charge is 2.38. The van der Waals surface area contributed by atoms with Crippen molar-refractivity contribution in [2.24, 2.45) is 0 Å². The molecular weight excluding hydrogens is 489 g/mol. The Balaban J connectivity index is 1.76. The zero-order chi connectivity index (χ0) is 26.3. The van der Waals surface area contributed by atoms with E-state index in [1.807, 2.05) is 12.1 Å². The molecular formula is C27H23F7O2. The Morgan fingerprint density at radius 3 is 2.06 bits per heavy atom. The Morgan fingerprint density at radius 2 is 1.47 bits per heavy atom. The van der Waals surface area contributed by atoms with E-state index in [1.54, 1.807) is 12.1 Å². The van der Waals surface area contributed by atoms with Crippen molar-refractivity contribution in [2.75, 3.05) is 0 Å². The van der Waals surface area contributed by atoms with E-state index in [9.17, 15) is 30.7 Å². The van der Waals surface area contributed by atoms with Gasteiger partial charge >= 0.3 is 6.11 Å². The third-order valence-electron chi connectivity index (χ3n) is 5.27. The molecule has 3 rings (SSSR count). The van der Waals surface area contributed by atoms with Gasteiger partial charge in [0.2, 0.25) is 0 Å². The standard InChI is InChI=1S/C27H23F7O2/c1-2-3-4-5-17-6-8-18(9-7-17)19-10-11-21(22(28)14-19)27(33,34)36-20-15-23(29)26(24(30)16-20)35-13-12-25(31)32/h6-16,25H,2-5H2,1H3. The van der Waals surface area contributed by atoms with Crippen molar-refractivity contribution < 1.29 is 40.2 Å². The van der Waals surface area contributed by atoms with Crippen LogP contribution in [0.25, 0.3) is 11.1 Å². The van der Waals surface area contributed by atoms with Crippen LogP contribution in [0.3, 0.4) is 0 Å². The fourth-order valence-electron chi connectivity index (χ4n) is 3.45. The van der Waals surface area contributed by atoms with Gasteiger partial charge in [0, 0.05) is 18.2 Å². The molecule has 0 bridgehead atoms. The van der Waals surface area contributed by atoms with E-state index in [2.05, 4.69) is 16.4 Å². The second-order valence-electron chi connectivity index (χ2n) is 7.96. The number of rotatable bonds is 11. The summed E-state index contributed by atoms with van der Waals surface area (Å²) in [7, 11) is 0. The van der Waals surface area contributed by atoms with Gasteiger partial charge in [0.25, 0.3) is 6.43 Å². The van der Waals surface area contributed by atoms with Gasteiger partial charge in [-0.3, -0.25) is 0 Å². The van der Waals surface area contributed by atoms with Gasteiger partial charge in [0.15, 0.2) is 17.4 Å². The number of halogens is 7. The van der Waals surface area contributed by atoms with Crippen LogP contribution in [0.2, 0.25) is 0 Å². The number of aryl methyl sites for hydroxylation is 1. The Kier molecular flexibility index (Phi) is 9.01. The number of ether oxygens (including phenoxy) is 2. The molecule has 9 heteroatoms. The van der Waals surface area contributed by atoms with Gasteiger partial charge in [-0.1, -0.05) is 50.1 Å². The van der Waals surface area contributed by atoms with Gasteiger partial charge in [-0.2, -0.15) is 8.78 Å². The summed E-state index contributed by atoms with van der Waals surface area (Å²) >= 11 is 0. The van der Waals surface area contributed by atoms with E-state index in [4.69, 9.17) is 0 Å². The lowest BCUT2D eigenvalue weighted by Crippen LogP contribution is -2.23. The average Bonchev–Trinajstić information content (AvgIpc) is 2.81. The van der Waals surface area contributed by atoms with E-state index < -0.39 is 47.0 Å². The molecule has 3 aromatic rings. The first-order chi connectivity index (χ1) is 17.1. The van der Waals surface area contributed by atoms with E-state index in [0.717, 1.165) is 43.4 Å². The molecule has 0 fully saturated rings. The predicted molar refractivity (Wildman–Crippen MR) is 122 cm³/mol. The van der Waals surface area contributed by atoms with Gasteiger partial charge in [0.1, 0.15) is 11.6 Å². The van der Waals surface area contributed by atoms with Crippen LogP contribution in [0, 0.1) is 17.5 Å². The highest BCUT2D eigenvalue weighted by molar-refractivity contribution is 5.64. The molecule has 36 heavy (non-hydrogen) atoms. The molecule has 0 saturated carbocycles. The fraction of sp³-hybridized carbons (Fsp3) is 0.259. The molecule has 0 N–H and O–H groups in total. The van der Waals surface area contributed by atoms with Gasteiger partial charge in [-0.05, 0) is 41.7 Å². The smallest absolute Gasteiger partial charge is 0.429 e. The average molecular weight is 512 g/mol. The molecule has 0 aromatic heterocycles. The van der Waals surface area contributed by atoms with Crippen molar-refractivity contribution in [3.8, 4) is 22.6 Å². The Hall–Kier alpha value is -3.49. The fourth-order valence-corrected chi connectivity index (χ4v) is 3.45. The topological polar surface area (TPSA) is 18.5 Å². The first-order valence-corrected chi connectivity index (χ1v) is 11.2. The van der Waals surface area contributed by atoms with Crippen molar-refractivity contribution in [2.45, 2.75) is 45.1 Å². The Labute approximate surface area is 204 Å². The minimum Gasteiger partial charge on any atom is -0.459 e. The molecule has 0 atom stereocenters. The third kappa shape index (κ3) is 7.02. The first kappa shape index (κ1) is 27.1. The van der Waals surface area contributed by atoms with Crippen molar-refractivity contribution >= 4 is 0 Å². The number of hydrogen-bond donors (Lipinski definition) is 0. The molecule has 0 aliphatic rings. The lowest BCUT2D eigenvalue weighted by molar-refractivity contribution is -0.187. The molecule has 0 amide bonds. The summed E-state index contributed by atoms with van der Waals surface area (Å²) in [6, 6.07) is 11.1. The van der Waals surface area contributed by atoms with Gasteiger partial charge in [-0.15, -0.1) is 0 Å². The summed E-state index contributed by atoms with van der Waals surface area (Å²) in [5.74, 6) is -6.28. The molecule has 192 valence electrons. The van der Waals surface area contributed by atoms with Crippen molar-refractivity contribution in [1.82, 2.24) is 0 Å². The molecule has 0 radical (unpaired) electrons. The lowest BCUT2D eigenvalue weighted by Gasteiger charge is -2.20. The summed E-state index contributed by atoms with van der Waals surface area (Å²) in [5, 5.41) is 0. The number of unbranched alkanes of at least 4 members (excludes halogenated alkanes) is 2. The van der Waals surface area contributed by atoms with E-state index >= 15 is 0 Å². The van der Waals surface area contributed by atoms with E-state index in [0.29, 0.717) is 29.5 Å². The molecule has 0 unspecified atom stereocenters. The zero-order valence-electron chi connectivity index (χ0n) is 19.2. The zero-order valence-corrected chi connectivity index (χ0v) is 19.2. The summed E-state index contributed by atoms with van der Waals surface area (Å²) < 4.78 is 105. The molecule has 0 spiro atoms. The van der Waals surface area contributed by atoms with Gasteiger partial charge in [-0.25, -0.2) is 22.0 Å². The van der Waals surface area contributed by atoms with Crippen LogP contribution in [0.4, 0.5) is 30.7 Å². The SMILES string of the molecule is CCCCCc1ccc(-c2ccc(C(F)(F)Oc3cc(F)c(OC=CC(F)F)c(F)c3)c(F)c2)cc1. The van der Waals surface area contributed by atoms with E-state index in [-0.39, 0.29) is 6.08 Å². The molecule has 0 aliphatic heterocycles. The largest absolute Gasteiger partial charge is 0.459 e. The maximum Gasteiger partial charge on any atom is 0.429 e. The summed E-state index contributed by atoms with van der Waals surface area (Å²) in [4.78, 5) is 0. The number of alkyl halides is 4. The normalized spacial score (nSPS) is 11.9. The highest BCUT2D eigenvalue weighted by atomic mass is 19.3. The van der Waals surface area contributed by atoms with Crippen LogP contribution in [-0.2, 0) is 12.5 Å². The van der Waals surface area contributed by atoms with Crippen molar-refractivity contribution in [3.05, 3.63) is 95.5 Å². The minimum atomic E-state index is -4.28. The quantitative estimate of drug-likeness (QED) is 0.145. The number of benzene rings is 3. The maximum absolute atomic E-state index is 14.7. The van der Waals surface area contributed by atoms with Crippen LogP contribution in [-0.4, -0.2) is 6.43 Å². The van der Waals surface area contributed by atoms with Crippen molar-refractivity contribution in [3.63, 3.8) is 0 Å². The number of hydrogen-bond acceptors (Lipinski definition) is 2. The van der Waals surface area contributed by atoms with Gasteiger partial charge in [0.05, 0.1) is 11.8 Å². The minimum absolute atomic E-state index is 0.228. The molecule has 0 heterocycles. The lowest BCUT2D eigenvalue weighted by atomic mass is 10.00. The second-order valence-corrected chi connectivity index (χ2v) is 7.96. The highest BCUT2D eigenvalue weighted by Crippen LogP contribution is 2.37. The second kappa shape index (κ2) is 12.0. The van der Waals surface area contributed by atoms with Gasteiger partial charge < -0.3 is 9.47 Å². The van der Waals surface area contributed by atoms with Crippen LogP contribution in [0.1, 0.15) is 37.3 Å². The maximum atomic E-state index is 14.7. The molecule has 2 nitrogen and oxygen atoms in total.